The van der Waals surface area contributed by atoms with E-state index in [4.69, 9.17) is 4.74 Å². The Hall–Kier alpha value is -4.59. The van der Waals surface area contributed by atoms with Gasteiger partial charge in [-0.2, -0.15) is 0 Å². The number of pyridine rings is 2. The van der Waals surface area contributed by atoms with Crippen LogP contribution in [0, 0.1) is 0 Å². The maximum atomic E-state index is 12.7. The van der Waals surface area contributed by atoms with Crippen LogP contribution in [-0.2, 0) is 6.42 Å². The van der Waals surface area contributed by atoms with Crippen LogP contribution in [0.2, 0.25) is 0 Å². The van der Waals surface area contributed by atoms with Crippen molar-refractivity contribution < 1.29 is 9.53 Å². The first kappa shape index (κ1) is 20.3. The van der Waals surface area contributed by atoms with E-state index in [9.17, 15) is 4.79 Å². The molecule has 2 N–H and O–H groups in total. The predicted octanol–water partition coefficient (Wildman–Crippen LogP) is 4.29. The van der Waals surface area contributed by atoms with Crippen LogP contribution in [0.4, 0.5) is 5.69 Å². The van der Waals surface area contributed by atoms with Gasteiger partial charge in [-0.25, -0.2) is 4.98 Å². The molecule has 0 spiro atoms. The van der Waals surface area contributed by atoms with Gasteiger partial charge in [-0.05, 0) is 54.1 Å². The molecule has 33 heavy (non-hydrogen) atoms. The molecule has 5 aromatic rings. The summed E-state index contributed by atoms with van der Waals surface area (Å²) in [7, 11) is 0. The first-order chi connectivity index (χ1) is 16.2. The van der Waals surface area contributed by atoms with Crippen LogP contribution in [0.1, 0.15) is 16.1 Å². The van der Waals surface area contributed by atoms with Crippen LogP contribution < -0.4 is 10.1 Å². The van der Waals surface area contributed by atoms with Gasteiger partial charge in [-0.1, -0.05) is 35.5 Å². The topological polar surface area (TPSA) is 106 Å². The molecule has 0 fully saturated rings. The summed E-state index contributed by atoms with van der Waals surface area (Å²) in [6.07, 6.45) is 2.42. The molecule has 0 bridgehead atoms. The third-order valence-electron chi connectivity index (χ3n) is 5.09. The first-order valence-corrected chi connectivity index (χ1v) is 10.5. The van der Waals surface area contributed by atoms with Crippen molar-refractivity contribution in [2.24, 2.45) is 0 Å². The van der Waals surface area contributed by atoms with Gasteiger partial charge in [-0.15, -0.1) is 5.10 Å². The average Bonchev–Trinajstić information content (AvgIpc) is 3.34. The Labute approximate surface area is 189 Å². The number of nitrogens with zero attached hydrogens (tertiary/aromatic N) is 4. The largest absolute Gasteiger partial charge is 0.493 e. The van der Waals surface area contributed by atoms with Crippen LogP contribution in [0.5, 0.6) is 5.75 Å². The summed E-state index contributed by atoms with van der Waals surface area (Å²) in [6, 6.07) is 24.7. The summed E-state index contributed by atoms with van der Waals surface area (Å²) >= 11 is 0. The lowest BCUT2D eigenvalue weighted by molar-refractivity contribution is 0.102. The van der Waals surface area contributed by atoms with E-state index in [0.29, 0.717) is 23.6 Å². The highest BCUT2D eigenvalue weighted by Gasteiger charge is 2.11. The van der Waals surface area contributed by atoms with E-state index < -0.39 is 0 Å². The second-order valence-corrected chi connectivity index (χ2v) is 7.37. The van der Waals surface area contributed by atoms with E-state index in [1.54, 1.807) is 30.5 Å². The van der Waals surface area contributed by atoms with Gasteiger partial charge in [0, 0.05) is 23.9 Å². The Balaban J connectivity index is 1.21. The van der Waals surface area contributed by atoms with Gasteiger partial charge in [0.05, 0.1) is 12.3 Å². The van der Waals surface area contributed by atoms with Gasteiger partial charge < -0.3 is 10.1 Å². The molecule has 8 nitrogen and oxygen atoms in total. The second-order valence-electron chi connectivity index (χ2n) is 7.37. The lowest BCUT2D eigenvalue weighted by Crippen LogP contribution is -2.13. The first-order valence-electron chi connectivity index (χ1n) is 10.5. The van der Waals surface area contributed by atoms with Crippen LogP contribution >= 0.6 is 0 Å². The number of nitrogens with one attached hydrogen (secondary N) is 2. The van der Waals surface area contributed by atoms with Crippen LogP contribution in [-0.4, -0.2) is 37.9 Å². The number of aromatic amines is 1. The zero-order valence-corrected chi connectivity index (χ0v) is 17.6. The summed E-state index contributed by atoms with van der Waals surface area (Å²) < 4.78 is 5.80. The van der Waals surface area contributed by atoms with Crippen molar-refractivity contribution in [3.05, 3.63) is 96.3 Å². The highest BCUT2D eigenvalue weighted by molar-refractivity contribution is 6.03. The van der Waals surface area contributed by atoms with Crippen LogP contribution in [0.25, 0.3) is 22.4 Å². The molecule has 8 heteroatoms. The average molecular weight is 436 g/mol. The van der Waals surface area contributed by atoms with Gasteiger partial charge in [-0.3, -0.25) is 14.9 Å². The number of ether oxygens (including phenoxy) is 1. The van der Waals surface area contributed by atoms with Crippen molar-refractivity contribution in [1.29, 1.82) is 0 Å². The number of carbonyl (C=O) groups is 1. The fraction of sp³-hybridized carbons (Fsp3) is 0.0800. The summed E-state index contributed by atoms with van der Waals surface area (Å²) in [4.78, 5) is 21.4. The molecule has 0 atom stereocenters. The molecular weight excluding hydrogens is 416 g/mol. The highest BCUT2D eigenvalue weighted by Crippen LogP contribution is 2.21. The third kappa shape index (κ3) is 4.85. The molecule has 0 unspecified atom stereocenters. The number of H-pyrrole nitrogens is 1. The molecule has 0 saturated heterocycles. The van der Waals surface area contributed by atoms with Crippen molar-refractivity contribution in [2.45, 2.75) is 6.42 Å². The molecule has 0 radical (unpaired) electrons. The molecule has 0 aliphatic carbocycles. The van der Waals surface area contributed by atoms with E-state index in [2.05, 4.69) is 42.8 Å². The number of carbonyl (C=O) groups excluding carboxylic acids is 1. The van der Waals surface area contributed by atoms with Crippen molar-refractivity contribution in [3.8, 4) is 17.0 Å². The van der Waals surface area contributed by atoms with E-state index in [1.165, 1.54) is 5.56 Å². The fourth-order valence-corrected chi connectivity index (χ4v) is 3.37. The van der Waals surface area contributed by atoms with Gasteiger partial charge in [0.15, 0.2) is 0 Å². The van der Waals surface area contributed by atoms with E-state index in [1.807, 2.05) is 42.5 Å². The summed E-state index contributed by atoms with van der Waals surface area (Å²) in [6.45, 7) is 0.584. The Kier molecular flexibility index (Phi) is 5.71. The zero-order valence-electron chi connectivity index (χ0n) is 17.6. The lowest BCUT2D eigenvalue weighted by Gasteiger charge is -2.09. The summed E-state index contributed by atoms with van der Waals surface area (Å²) in [5.74, 6) is 0.440. The number of aromatic nitrogens is 5. The Morgan fingerprint density at radius 1 is 0.970 bits per heavy atom. The Morgan fingerprint density at radius 3 is 2.67 bits per heavy atom. The minimum absolute atomic E-state index is 0.290. The van der Waals surface area contributed by atoms with E-state index in [-0.39, 0.29) is 11.6 Å². The Bertz CT molecular complexity index is 1380. The van der Waals surface area contributed by atoms with Gasteiger partial charge in [0.25, 0.3) is 5.91 Å². The normalized spacial score (nSPS) is 10.8. The number of rotatable bonds is 7. The third-order valence-corrected chi connectivity index (χ3v) is 5.09. The molecule has 162 valence electrons. The number of hydrogen-bond donors (Lipinski definition) is 2. The molecule has 0 saturated carbocycles. The lowest BCUT2D eigenvalue weighted by atomic mass is 10.1. The zero-order chi connectivity index (χ0) is 22.5. The SMILES string of the molecule is O=C(Nc1ccc(OCCc2ccccc2)cc1)c1cc(-c2ccc3[nH]nnc3n2)ccn1. The minimum atomic E-state index is -0.308. The number of fused-ring (bicyclic) bond motifs is 1. The predicted molar refractivity (Wildman–Crippen MR) is 125 cm³/mol. The summed E-state index contributed by atoms with van der Waals surface area (Å²) in [5.41, 5.74) is 4.89. The second kappa shape index (κ2) is 9.27. The maximum Gasteiger partial charge on any atom is 0.274 e. The quantitative estimate of drug-likeness (QED) is 0.394. The van der Waals surface area contributed by atoms with E-state index >= 15 is 0 Å². The van der Waals surface area contributed by atoms with Crippen LogP contribution in [0.3, 0.4) is 0 Å². The smallest absolute Gasteiger partial charge is 0.274 e. The monoisotopic (exact) mass is 436 g/mol. The van der Waals surface area contributed by atoms with Gasteiger partial charge in [0.2, 0.25) is 5.65 Å². The van der Waals surface area contributed by atoms with Gasteiger partial charge >= 0.3 is 0 Å². The molecule has 5 rings (SSSR count). The molecule has 2 aromatic carbocycles. The van der Waals surface area contributed by atoms with Gasteiger partial charge in [0.1, 0.15) is 17.0 Å². The summed E-state index contributed by atoms with van der Waals surface area (Å²) in [5, 5.41) is 13.3. The van der Waals surface area contributed by atoms with Crippen molar-refractivity contribution in [3.63, 3.8) is 0 Å². The number of amides is 1. The van der Waals surface area contributed by atoms with Crippen LogP contribution in [0.15, 0.2) is 85.1 Å². The highest BCUT2D eigenvalue weighted by atomic mass is 16.5. The molecule has 0 aliphatic rings. The standard InChI is InChI=1S/C25H20N6O2/c32-25(23-16-18(12-14-26-23)21-10-11-22-24(28-21)30-31-29-22)27-19-6-8-20(9-7-19)33-15-13-17-4-2-1-3-5-17/h1-12,14,16H,13,15H2,(H,27,32)(H,28,29,30,31). The van der Waals surface area contributed by atoms with Crippen molar-refractivity contribution in [1.82, 2.24) is 25.4 Å². The van der Waals surface area contributed by atoms with Crippen molar-refractivity contribution in [2.75, 3.05) is 11.9 Å². The molecule has 1 amide bonds. The minimum Gasteiger partial charge on any atom is -0.493 e. The molecule has 0 aliphatic heterocycles. The number of anilines is 1. The van der Waals surface area contributed by atoms with Crippen molar-refractivity contribution >= 4 is 22.8 Å². The molecule has 3 aromatic heterocycles. The fourth-order valence-electron chi connectivity index (χ4n) is 3.37. The van der Waals surface area contributed by atoms with E-state index in [0.717, 1.165) is 23.3 Å². The Morgan fingerprint density at radius 2 is 1.82 bits per heavy atom. The maximum absolute atomic E-state index is 12.7. The molecule has 3 heterocycles. The molecular formula is C25H20N6O2. The number of benzene rings is 2. The number of hydrogen-bond acceptors (Lipinski definition) is 6.